The summed E-state index contributed by atoms with van der Waals surface area (Å²) in [6.45, 7) is 0.108. The maximum atomic E-state index is 10.5. The van der Waals surface area contributed by atoms with Crippen molar-refractivity contribution in [3.05, 3.63) is 23.2 Å². The monoisotopic (exact) mass is 279 g/mol. The number of hydrogen-bond acceptors (Lipinski definition) is 4. The average Bonchev–Trinajstić information content (AvgIpc) is 2.25. The molecule has 2 N–H and O–H groups in total. The van der Waals surface area contributed by atoms with Gasteiger partial charge in [0, 0.05) is 11.1 Å². The van der Waals surface area contributed by atoms with Gasteiger partial charge in [-0.1, -0.05) is 11.6 Å². The largest absolute Gasteiger partial charge is 0.486 e. The van der Waals surface area contributed by atoms with Gasteiger partial charge >= 0.3 is 10.3 Å². The summed E-state index contributed by atoms with van der Waals surface area (Å²) >= 11 is 5.77. The minimum absolute atomic E-state index is 0.0686. The molecule has 0 saturated heterocycles. The molecule has 1 heterocycles. The Morgan fingerprint density at radius 1 is 1.47 bits per heavy atom. The Hall–Kier alpha value is -1.02. The first-order valence-electron chi connectivity index (χ1n) is 4.75. The van der Waals surface area contributed by atoms with Gasteiger partial charge < -0.3 is 9.47 Å². The number of rotatable bonds is 3. The van der Waals surface area contributed by atoms with E-state index in [9.17, 15) is 8.42 Å². The second kappa shape index (κ2) is 4.69. The van der Waals surface area contributed by atoms with Gasteiger partial charge in [0.2, 0.25) is 0 Å². The van der Waals surface area contributed by atoms with E-state index in [1.807, 2.05) is 4.72 Å². The molecule has 8 heteroatoms. The predicted molar refractivity (Wildman–Crippen MR) is 60.9 cm³/mol. The van der Waals surface area contributed by atoms with Crippen molar-refractivity contribution < 1.29 is 22.4 Å². The Kier molecular flexibility index (Phi) is 3.43. The highest BCUT2D eigenvalue weighted by Gasteiger charge is 2.22. The van der Waals surface area contributed by atoms with E-state index >= 15 is 0 Å². The van der Waals surface area contributed by atoms with E-state index in [0.29, 0.717) is 16.5 Å². The fourth-order valence-corrected chi connectivity index (χ4v) is 1.95. The number of ether oxygens (including phenoxy) is 2. The van der Waals surface area contributed by atoms with Crippen molar-refractivity contribution in [1.29, 1.82) is 0 Å². The summed E-state index contributed by atoms with van der Waals surface area (Å²) in [6, 6.07) is 4.89. The maximum absolute atomic E-state index is 10.5. The second-order valence-corrected chi connectivity index (χ2v) is 5.14. The van der Waals surface area contributed by atoms with Gasteiger partial charge in [-0.25, -0.2) is 0 Å². The Morgan fingerprint density at radius 2 is 2.24 bits per heavy atom. The molecule has 1 aromatic carbocycles. The van der Waals surface area contributed by atoms with E-state index in [1.54, 1.807) is 18.2 Å². The third-order valence-electron chi connectivity index (χ3n) is 2.12. The maximum Gasteiger partial charge on any atom is 0.333 e. The number of benzene rings is 1. The van der Waals surface area contributed by atoms with Crippen molar-refractivity contribution in [2.24, 2.45) is 0 Å². The van der Waals surface area contributed by atoms with Gasteiger partial charge in [0.15, 0.2) is 11.5 Å². The molecule has 0 radical (unpaired) electrons. The highest BCUT2D eigenvalue weighted by molar-refractivity contribution is 7.83. The summed E-state index contributed by atoms with van der Waals surface area (Å²) in [5.74, 6) is 1.00. The van der Waals surface area contributed by atoms with Crippen LogP contribution in [0.2, 0.25) is 5.02 Å². The molecule has 1 unspecified atom stereocenters. The van der Waals surface area contributed by atoms with Crippen LogP contribution in [0.3, 0.4) is 0 Å². The molecule has 1 aliphatic heterocycles. The molecule has 0 bridgehead atoms. The van der Waals surface area contributed by atoms with Gasteiger partial charge in [0.1, 0.15) is 12.7 Å². The lowest BCUT2D eigenvalue weighted by atomic mass is 10.2. The molecular weight excluding hydrogens is 270 g/mol. The molecule has 6 nitrogen and oxygen atoms in total. The SMILES string of the molecule is O=S(=O)(O)NCC1COc2cc(Cl)ccc2O1. The van der Waals surface area contributed by atoms with Crippen LogP contribution in [0.4, 0.5) is 0 Å². The molecule has 0 aromatic heterocycles. The van der Waals surface area contributed by atoms with Gasteiger partial charge in [-0.05, 0) is 12.1 Å². The zero-order valence-electron chi connectivity index (χ0n) is 8.59. The molecule has 1 atom stereocenters. The number of hydrogen-bond donors (Lipinski definition) is 2. The van der Waals surface area contributed by atoms with Crippen LogP contribution in [-0.4, -0.2) is 32.2 Å². The molecule has 0 spiro atoms. The molecule has 0 saturated carbocycles. The first-order chi connectivity index (χ1) is 7.94. The third kappa shape index (κ3) is 3.47. The fraction of sp³-hybridized carbons (Fsp3) is 0.333. The number of halogens is 1. The Bertz CT molecular complexity index is 518. The van der Waals surface area contributed by atoms with E-state index in [0.717, 1.165) is 0 Å². The van der Waals surface area contributed by atoms with Crippen molar-refractivity contribution in [1.82, 2.24) is 4.72 Å². The lowest BCUT2D eigenvalue weighted by Gasteiger charge is -2.26. The Balaban J connectivity index is 2.01. The molecule has 17 heavy (non-hydrogen) atoms. The van der Waals surface area contributed by atoms with E-state index < -0.39 is 16.4 Å². The summed E-state index contributed by atoms with van der Waals surface area (Å²) < 4.78 is 42.3. The van der Waals surface area contributed by atoms with E-state index in [-0.39, 0.29) is 13.2 Å². The average molecular weight is 280 g/mol. The van der Waals surface area contributed by atoms with E-state index in [1.165, 1.54) is 0 Å². The molecular formula is C9H10ClNO5S. The smallest absolute Gasteiger partial charge is 0.333 e. The lowest BCUT2D eigenvalue weighted by molar-refractivity contribution is 0.0939. The highest BCUT2D eigenvalue weighted by atomic mass is 35.5. The van der Waals surface area contributed by atoms with Crippen LogP contribution in [0.15, 0.2) is 18.2 Å². The van der Waals surface area contributed by atoms with Crippen LogP contribution in [-0.2, 0) is 10.3 Å². The second-order valence-electron chi connectivity index (χ2n) is 3.47. The highest BCUT2D eigenvalue weighted by Crippen LogP contribution is 2.33. The molecule has 2 rings (SSSR count). The van der Waals surface area contributed by atoms with Gasteiger partial charge in [-0.3, -0.25) is 4.55 Å². The summed E-state index contributed by atoms with van der Waals surface area (Å²) in [5.41, 5.74) is 0. The van der Waals surface area contributed by atoms with Crippen molar-refractivity contribution in [3.8, 4) is 11.5 Å². The summed E-state index contributed by atoms with van der Waals surface area (Å²) in [7, 11) is -4.21. The standard InChI is InChI=1S/C9H10ClNO5S/c10-6-1-2-8-9(3-6)15-5-7(16-8)4-11-17(12,13)14/h1-3,7,11H,4-5H2,(H,12,13,14). The molecule has 0 aliphatic carbocycles. The van der Waals surface area contributed by atoms with Crippen LogP contribution in [0.1, 0.15) is 0 Å². The molecule has 1 aliphatic rings. The zero-order chi connectivity index (χ0) is 12.5. The van der Waals surface area contributed by atoms with Gasteiger partial charge in [0.05, 0.1) is 6.54 Å². The van der Waals surface area contributed by atoms with Gasteiger partial charge in [0.25, 0.3) is 0 Å². The van der Waals surface area contributed by atoms with Crippen LogP contribution >= 0.6 is 11.6 Å². The summed E-state index contributed by atoms with van der Waals surface area (Å²) in [6.07, 6.45) is -0.495. The molecule has 1 aromatic rings. The van der Waals surface area contributed by atoms with Crippen LogP contribution in [0.25, 0.3) is 0 Å². The number of nitrogens with one attached hydrogen (secondary N) is 1. The fourth-order valence-electron chi connectivity index (χ4n) is 1.39. The quantitative estimate of drug-likeness (QED) is 0.802. The van der Waals surface area contributed by atoms with Crippen LogP contribution < -0.4 is 14.2 Å². The van der Waals surface area contributed by atoms with Crippen molar-refractivity contribution in [2.75, 3.05) is 13.2 Å². The molecule has 94 valence electrons. The lowest BCUT2D eigenvalue weighted by Crippen LogP contribution is -2.40. The Labute approximate surface area is 103 Å². The normalized spacial score (nSPS) is 19.1. The van der Waals surface area contributed by atoms with Crippen LogP contribution in [0.5, 0.6) is 11.5 Å². The molecule has 0 fully saturated rings. The summed E-state index contributed by atoms with van der Waals surface area (Å²) in [4.78, 5) is 0. The topological polar surface area (TPSA) is 84.9 Å². The third-order valence-corrected chi connectivity index (χ3v) is 2.88. The van der Waals surface area contributed by atoms with Crippen molar-refractivity contribution in [2.45, 2.75) is 6.10 Å². The van der Waals surface area contributed by atoms with Crippen molar-refractivity contribution in [3.63, 3.8) is 0 Å². The first-order valence-corrected chi connectivity index (χ1v) is 6.57. The van der Waals surface area contributed by atoms with Crippen LogP contribution in [0, 0.1) is 0 Å². The van der Waals surface area contributed by atoms with Crippen molar-refractivity contribution >= 4 is 21.9 Å². The Morgan fingerprint density at radius 3 is 2.94 bits per heavy atom. The first kappa shape index (κ1) is 12.4. The summed E-state index contributed by atoms with van der Waals surface area (Å²) in [5, 5.41) is 0.530. The minimum atomic E-state index is -4.21. The van der Waals surface area contributed by atoms with Gasteiger partial charge in [-0.15, -0.1) is 0 Å². The van der Waals surface area contributed by atoms with Gasteiger partial charge in [-0.2, -0.15) is 13.1 Å². The minimum Gasteiger partial charge on any atom is -0.486 e. The number of fused-ring (bicyclic) bond motifs is 1. The van der Waals surface area contributed by atoms with E-state index in [4.69, 9.17) is 25.6 Å². The van der Waals surface area contributed by atoms with E-state index in [2.05, 4.69) is 0 Å². The molecule has 0 amide bonds. The zero-order valence-corrected chi connectivity index (χ0v) is 10.2. The predicted octanol–water partition coefficient (Wildman–Crippen LogP) is 0.872.